The van der Waals surface area contributed by atoms with E-state index in [4.69, 9.17) is 0 Å². The quantitative estimate of drug-likeness (QED) is 0.373. The zero-order chi connectivity index (χ0) is 4.57. The lowest BCUT2D eigenvalue weighted by atomic mass is 10.4. The molecule has 0 amide bonds. The maximum atomic E-state index is 4.14. The summed E-state index contributed by atoms with van der Waals surface area (Å²) >= 11 is 4.14. The van der Waals surface area contributed by atoms with Gasteiger partial charge in [-0.15, -0.1) is 0 Å². The Hall–Kier alpha value is -0.0400. The van der Waals surface area contributed by atoms with E-state index in [0.29, 0.717) is 5.25 Å². The third-order valence-electron chi connectivity index (χ3n) is 0.959. The number of thiol groups is 1. The van der Waals surface area contributed by atoms with Gasteiger partial charge in [0.2, 0.25) is 0 Å². The molecule has 0 aliphatic heterocycles. The summed E-state index contributed by atoms with van der Waals surface area (Å²) in [5, 5.41) is 0.558. The van der Waals surface area contributed by atoms with Gasteiger partial charge in [0.1, 0.15) is 0 Å². The monoisotopic (exact) mass is 99.0 g/mol. The average molecular weight is 99.2 g/mol. The minimum absolute atomic E-state index is 0.558. The van der Waals surface area contributed by atoms with Crippen LogP contribution >= 0.6 is 12.6 Å². The Morgan fingerprint density at radius 1 is 2.00 bits per heavy atom. The van der Waals surface area contributed by atoms with Crippen LogP contribution in [-0.4, -0.2) is 5.25 Å². The maximum absolute atomic E-state index is 4.14. The van der Waals surface area contributed by atoms with Crippen molar-refractivity contribution in [2.24, 2.45) is 0 Å². The predicted octanol–water partition coefficient (Wildman–Crippen LogP) is 1.45. The Labute approximate surface area is 43.7 Å². The minimum Gasteiger partial charge on any atom is -0.245 e. The van der Waals surface area contributed by atoms with Crippen molar-refractivity contribution in [3.05, 3.63) is 18.6 Å². The fourth-order valence-electron chi connectivity index (χ4n) is 0.384. The standard InChI is InChI=1S/C5H7S/c1-2-4-3-5(4)6/h2,5-6H,1,3H2/q-1. The molecule has 0 spiro atoms. The van der Waals surface area contributed by atoms with Gasteiger partial charge < -0.3 is 0 Å². The molecule has 1 aliphatic carbocycles. The van der Waals surface area contributed by atoms with Crippen molar-refractivity contribution in [2.75, 3.05) is 0 Å². The minimum atomic E-state index is 0.558. The molecule has 1 rings (SSSR count). The third-order valence-corrected chi connectivity index (χ3v) is 1.47. The van der Waals surface area contributed by atoms with Crippen molar-refractivity contribution in [2.45, 2.75) is 11.7 Å². The van der Waals surface area contributed by atoms with Crippen molar-refractivity contribution in [3.63, 3.8) is 0 Å². The molecule has 0 radical (unpaired) electrons. The number of allylic oxidation sites excluding steroid dienone is 1. The summed E-state index contributed by atoms with van der Waals surface area (Å²) in [4.78, 5) is 0. The Morgan fingerprint density at radius 2 is 2.50 bits per heavy atom. The van der Waals surface area contributed by atoms with Gasteiger partial charge in [0.15, 0.2) is 0 Å². The van der Waals surface area contributed by atoms with Crippen molar-refractivity contribution >= 4 is 12.6 Å². The maximum Gasteiger partial charge on any atom is -0.0541 e. The fourth-order valence-corrected chi connectivity index (χ4v) is 0.700. The average Bonchev–Trinajstić information content (AvgIpc) is 2.19. The molecule has 0 heterocycles. The van der Waals surface area contributed by atoms with Gasteiger partial charge >= 0.3 is 0 Å². The first-order valence-corrected chi connectivity index (χ1v) is 2.52. The lowest BCUT2D eigenvalue weighted by Crippen LogP contribution is -1.62. The van der Waals surface area contributed by atoms with E-state index in [9.17, 15) is 0 Å². The lowest BCUT2D eigenvalue weighted by molar-refractivity contribution is 1.53. The normalized spacial score (nSPS) is 30.2. The fraction of sp³-hybridized carbons (Fsp3) is 0.400. The van der Waals surface area contributed by atoms with Crippen LogP contribution in [0.15, 0.2) is 12.7 Å². The number of rotatable bonds is 1. The highest BCUT2D eigenvalue weighted by Gasteiger charge is 2.19. The van der Waals surface area contributed by atoms with E-state index >= 15 is 0 Å². The first-order chi connectivity index (χ1) is 2.84. The van der Waals surface area contributed by atoms with E-state index in [1.54, 1.807) is 0 Å². The second-order valence-electron chi connectivity index (χ2n) is 1.50. The van der Waals surface area contributed by atoms with Gasteiger partial charge in [0.05, 0.1) is 0 Å². The molecule has 1 fully saturated rings. The van der Waals surface area contributed by atoms with Crippen LogP contribution in [0.2, 0.25) is 0 Å². The van der Waals surface area contributed by atoms with E-state index in [1.807, 2.05) is 6.08 Å². The number of hydrogen-bond acceptors (Lipinski definition) is 1. The highest BCUT2D eigenvalue weighted by molar-refractivity contribution is 7.81. The van der Waals surface area contributed by atoms with Crippen LogP contribution in [0.3, 0.4) is 0 Å². The summed E-state index contributed by atoms with van der Waals surface area (Å²) in [5.41, 5.74) is 0. The largest absolute Gasteiger partial charge is 0.245 e. The van der Waals surface area contributed by atoms with Gasteiger partial charge in [-0.05, 0) is 0 Å². The first-order valence-electron chi connectivity index (χ1n) is 2.01. The van der Waals surface area contributed by atoms with Gasteiger partial charge in [-0.1, -0.05) is 11.7 Å². The van der Waals surface area contributed by atoms with Crippen molar-refractivity contribution in [3.8, 4) is 0 Å². The molecule has 0 saturated heterocycles. The van der Waals surface area contributed by atoms with Crippen molar-refractivity contribution in [1.82, 2.24) is 0 Å². The zero-order valence-electron chi connectivity index (χ0n) is 3.52. The highest BCUT2D eigenvalue weighted by Crippen LogP contribution is 2.38. The predicted molar refractivity (Wildman–Crippen MR) is 30.8 cm³/mol. The summed E-state index contributed by atoms with van der Waals surface area (Å²) < 4.78 is 0. The molecule has 0 aromatic heterocycles. The molecule has 34 valence electrons. The first kappa shape index (κ1) is 4.13. The Morgan fingerprint density at radius 3 is 2.50 bits per heavy atom. The molecule has 1 saturated carbocycles. The molecule has 0 bridgehead atoms. The molecule has 0 nitrogen and oxygen atoms in total. The second-order valence-corrected chi connectivity index (χ2v) is 2.12. The van der Waals surface area contributed by atoms with E-state index < -0.39 is 0 Å². The van der Waals surface area contributed by atoms with Crippen LogP contribution in [0, 0.1) is 5.92 Å². The van der Waals surface area contributed by atoms with Gasteiger partial charge in [0.25, 0.3) is 0 Å². The highest BCUT2D eigenvalue weighted by atomic mass is 32.1. The second kappa shape index (κ2) is 1.23. The Balaban J connectivity index is 2.25. The molecule has 0 N–H and O–H groups in total. The molecule has 6 heavy (non-hydrogen) atoms. The summed E-state index contributed by atoms with van der Waals surface area (Å²) in [5.74, 6) is 1.39. The van der Waals surface area contributed by atoms with Crippen LogP contribution in [0.25, 0.3) is 0 Å². The zero-order valence-corrected chi connectivity index (χ0v) is 4.41. The molecular weight excluding hydrogens is 92.1 g/mol. The van der Waals surface area contributed by atoms with Crippen LogP contribution < -0.4 is 0 Å². The van der Waals surface area contributed by atoms with Gasteiger partial charge in [-0.25, -0.2) is 18.6 Å². The molecule has 1 aliphatic rings. The van der Waals surface area contributed by atoms with Crippen LogP contribution in [0.5, 0.6) is 0 Å². The molecule has 1 heteroatoms. The van der Waals surface area contributed by atoms with Gasteiger partial charge in [-0.3, -0.25) is 0 Å². The van der Waals surface area contributed by atoms with Crippen molar-refractivity contribution in [1.29, 1.82) is 0 Å². The van der Waals surface area contributed by atoms with Crippen molar-refractivity contribution < 1.29 is 0 Å². The third kappa shape index (κ3) is 0.548. The Bertz CT molecular complexity index is 68.3. The molecule has 0 aromatic rings. The number of hydrogen-bond donors (Lipinski definition) is 1. The van der Waals surface area contributed by atoms with E-state index in [1.165, 1.54) is 5.92 Å². The van der Waals surface area contributed by atoms with Gasteiger partial charge in [-0.2, -0.15) is 12.6 Å². The van der Waals surface area contributed by atoms with Crippen LogP contribution in [0.4, 0.5) is 0 Å². The summed E-state index contributed by atoms with van der Waals surface area (Å²) in [6.45, 7) is 3.59. The van der Waals surface area contributed by atoms with E-state index in [2.05, 4.69) is 19.2 Å². The molecular formula is C5H7S-. The molecule has 1 atom stereocenters. The SMILES string of the molecule is C=C[C-]1CC1S. The lowest BCUT2D eigenvalue weighted by Gasteiger charge is -1.84. The topological polar surface area (TPSA) is 0 Å². The smallest absolute Gasteiger partial charge is 0.0541 e. The summed E-state index contributed by atoms with van der Waals surface area (Å²) in [6, 6.07) is 0. The van der Waals surface area contributed by atoms with E-state index in [0.717, 1.165) is 6.42 Å². The molecule has 1 unspecified atom stereocenters. The molecule has 0 aromatic carbocycles. The Kier molecular flexibility index (Phi) is 0.845. The van der Waals surface area contributed by atoms with Crippen LogP contribution in [0.1, 0.15) is 6.42 Å². The summed E-state index contributed by atoms with van der Waals surface area (Å²) in [7, 11) is 0. The van der Waals surface area contributed by atoms with Gasteiger partial charge in [0, 0.05) is 0 Å². The summed E-state index contributed by atoms with van der Waals surface area (Å²) in [6.07, 6.45) is 3.05. The van der Waals surface area contributed by atoms with E-state index in [-0.39, 0.29) is 0 Å². The van der Waals surface area contributed by atoms with Crippen LogP contribution in [-0.2, 0) is 0 Å².